The van der Waals surface area contributed by atoms with Gasteiger partial charge in [-0.1, -0.05) is 0 Å². The maximum atomic E-state index is 11.4. The van der Waals surface area contributed by atoms with Crippen molar-refractivity contribution in [1.29, 1.82) is 0 Å². The molecule has 0 saturated heterocycles. The summed E-state index contributed by atoms with van der Waals surface area (Å²) >= 11 is 0. The second kappa shape index (κ2) is 5.87. The van der Waals surface area contributed by atoms with E-state index in [-0.39, 0.29) is 5.97 Å². The van der Waals surface area contributed by atoms with Crippen LogP contribution in [0.1, 0.15) is 49.4 Å². The first-order valence-corrected chi connectivity index (χ1v) is 7.81. The highest BCUT2D eigenvalue weighted by Gasteiger charge is 2.42. The molecule has 1 aliphatic heterocycles. The van der Waals surface area contributed by atoms with Gasteiger partial charge in [-0.3, -0.25) is 9.59 Å². The Bertz CT molecular complexity index is 677. The molecule has 1 aliphatic rings. The smallest absolute Gasteiger partial charge is 0.310 e. The van der Waals surface area contributed by atoms with Crippen molar-refractivity contribution in [3.8, 4) is 11.5 Å². The molecule has 2 unspecified atom stereocenters. The minimum Gasteiger partial charge on any atom is -0.486 e. The van der Waals surface area contributed by atoms with E-state index in [4.69, 9.17) is 9.47 Å². The number of rotatable bonds is 3. The number of carboxylic acid groups (broad SMARTS) is 1. The van der Waals surface area contributed by atoms with Crippen LogP contribution in [0.15, 0.2) is 0 Å². The summed E-state index contributed by atoms with van der Waals surface area (Å²) in [7, 11) is 0. The minimum atomic E-state index is -0.862. The van der Waals surface area contributed by atoms with Gasteiger partial charge >= 0.3 is 11.9 Å². The Hall–Kier alpha value is -2.04. The largest absolute Gasteiger partial charge is 0.486 e. The molecule has 0 aromatic heterocycles. The van der Waals surface area contributed by atoms with Crippen LogP contribution in [0, 0.1) is 26.7 Å². The van der Waals surface area contributed by atoms with Crippen molar-refractivity contribution in [3.63, 3.8) is 0 Å². The van der Waals surface area contributed by atoms with Crippen LogP contribution in [0.25, 0.3) is 0 Å². The lowest BCUT2D eigenvalue weighted by Gasteiger charge is -2.40. The third-order valence-corrected chi connectivity index (χ3v) is 5.05. The maximum Gasteiger partial charge on any atom is 0.310 e. The Morgan fingerprint density at radius 1 is 1.22 bits per heavy atom. The van der Waals surface area contributed by atoms with Crippen LogP contribution in [0.2, 0.25) is 0 Å². The van der Waals surface area contributed by atoms with Crippen molar-refractivity contribution >= 4 is 11.9 Å². The number of fused-ring (bicyclic) bond motifs is 1. The van der Waals surface area contributed by atoms with E-state index in [9.17, 15) is 14.7 Å². The molecule has 23 heavy (non-hydrogen) atoms. The molecule has 2 atom stereocenters. The minimum absolute atomic E-state index is 0.350. The van der Waals surface area contributed by atoms with Crippen LogP contribution in [-0.4, -0.2) is 22.6 Å². The highest BCUT2D eigenvalue weighted by atomic mass is 16.5. The van der Waals surface area contributed by atoms with Crippen LogP contribution in [0.4, 0.5) is 0 Å². The molecule has 1 aromatic rings. The zero-order chi connectivity index (χ0) is 17.5. The third-order valence-electron chi connectivity index (χ3n) is 5.05. The SMILES string of the molecule is CC(=O)Oc1c(C)c(C)c2c(c1C)CCC(C)(C(C)C(=O)O)O2. The van der Waals surface area contributed by atoms with Crippen molar-refractivity contribution < 1.29 is 24.2 Å². The molecule has 126 valence electrons. The predicted octanol–water partition coefficient (Wildman–Crippen LogP) is 3.34. The van der Waals surface area contributed by atoms with Gasteiger partial charge in [0, 0.05) is 12.5 Å². The second-order valence-electron chi connectivity index (χ2n) is 6.58. The average molecular weight is 320 g/mol. The molecule has 0 fully saturated rings. The lowest BCUT2D eigenvalue weighted by molar-refractivity contribution is -0.149. The van der Waals surface area contributed by atoms with Crippen LogP contribution >= 0.6 is 0 Å². The quantitative estimate of drug-likeness (QED) is 0.683. The van der Waals surface area contributed by atoms with E-state index >= 15 is 0 Å². The van der Waals surface area contributed by atoms with Crippen LogP contribution in [-0.2, 0) is 16.0 Å². The number of hydrogen-bond donors (Lipinski definition) is 1. The van der Waals surface area contributed by atoms with Gasteiger partial charge < -0.3 is 14.6 Å². The number of ether oxygens (including phenoxy) is 2. The number of carbonyl (C=O) groups is 2. The Balaban J connectivity index is 2.53. The van der Waals surface area contributed by atoms with Crippen molar-refractivity contribution in [3.05, 3.63) is 22.3 Å². The molecule has 1 aromatic carbocycles. The van der Waals surface area contributed by atoms with Gasteiger partial charge in [0.1, 0.15) is 17.1 Å². The van der Waals surface area contributed by atoms with Crippen molar-refractivity contribution in [2.75, 3.05) is 0 Å². The second-order valence-corrected chi connectivity index (χ2v) is 6.58. The lowest BCUT2D eigenvalue weighted by Crippen LogP contribution is -2.46. The van der Waals surface area contributed by atoms with Crippen molar-refractivity contribution in [1.82, 2.24) is 0 Å². The van der Waals surface area contributed by atoms with Crippen molar-refractivity contribution in [2.45, 2.75) is 60.0 Å². The van der Waals surface area contributed by atoms with E-state index in [0.29, 0.717) is 18.6 Å². The molecular weight excluding hydrogens is 296 g/mol. The Kier molecular flexibility index (Phi) is 4.42. The third kappa shape index (κ3) is 2.92. The molecule has 1 heterocycles. The standard InChI is InChI=1S/C18H24O5/c1-9-10(2)16-14(11(3)15(9)22-13(5)19)7-8-18(6,23-16)12(4)17(20)21/h12H,7-8H2,1-6H3,(H,20,21). The lowest BCUT2D eigenvalue weighted by atomic mass is 9.80. The van der Waals surface area contributed by atoms with Gasteiger partial charge in [-0.05, 0) is 64.2 Å². The highest BCUT2D eigenvalue weighted by Crippen LogP contribution is 2.45. The van der Waals surface area contributed by atoms with E-state index in [1.54, 1.807) is 6.92 Å². The van der Waals surface area contributed by atoms with Crippen LogP contribution < -0.4 is 9.47 Å². The number of benzene rings is 1. The summed E-state index contributed by atoms with van der Waals surface area (Å²) in [4.78, 5) is 22.7. The number of esters is 1. The normalized spacial score (nSPS) is 21.1. The van der Waals surface area contributed by atoms with E-state index < -0.39 is 17.5 Å². The topological polar surface area (TPSA) is 72.8 Å². The molecule has 5 nitrogen and oxygen atoms in total. The van der Waals surface area contributed by atoms with Gasteiger partial charge in [0.2, 0.25) is 0 Å². The molecule has 1 N–H and O–H groups in total. The fraction of sp³-hybridized carbons (Fsp3) is 0.556. The molecule has 0 radical (unpaired) electrons. The average Bonchev–Trinajstić information content (AvgIpc) is 2.48. The molecule has 0 saturated carbocycles. The maximum absolute atomic E-state index is 11.4. The predicted molar refractivity (Wildman–Crippen MR) is 86.1 cm³/mol. The summed E-state index contributed by atoms with van der Waals surface area (Å²) in [5.41, 5.74) is 2.89. The summed E-state index contributed by atoms with van der Waals surface area (Å²) < 4.78 is 11.5. The summed E-state index contributed by atoms with van der Waals surface area (Å²) in [6, 6.07) is 0. The number of carbonyl (C=O) groups excluding carboxylic acids is 1. The molecule has 0 spiro atoms. The van der Waals surface area contributed by atoms with E-state index in [2.05, 4.69) is 0 Å². The van der Waals surface area contributed by atoms with Gasteiger partial charge in [-0.15, -0.1) is 0 Å². The first kappa shape index (κ1) is 17.3. The monoisotopic (exact) mass is 320 g/mol. The molecule has 0 amide bonds. The van der Waals surface area contributed by atoms with Gasteiger partial charge in [-0.25, -0.2) is 0 Å². The van der Waals surface area contributed by atoms with E-state index in [1.165, 1.54) is 6.92 Å². The van der Waals surface area contributed by atoms with Gasteiger partial charge in [0.25, 0.3) is 0 Å². The summed E-state index contributed by atoms with van der Waals surface area (Å²) in [6.07, 6.45) is 1.31. The van der Waals surface area contributed by atoms with E-state index in [1.807, 2.05) is 27.7 Å². The van der Waals surface area contributed by atoms with Crippen LogP contribution in [0.5, 0.6) is 11.5 Å². The van der Waals surface area contributed by atoms with Crippen LogP contribution in [0.3, 0.4) is 0 Å². The summed E-state index contributed by atoms with van der Waals surface area (Å²) in [5, 5.41) is 9.33. The summed E-state index contributed by atoms with van der Waals surface area (Å²) in [6.45, 7) is 10.6. The zero-order valence-electron chi connectivity index (χ0n) is 14.6. The number of carboxylic acids is 1. The highest BCUT2D eigenvalue weighted by molar-refractivity contribution is 5.73. The Morgan fingerprint density at radius 3 is 2.35 bits per heavy atom. The van der Waals surface area contributed by atoms with Gasteiger partial charge in [0.15, 0.2) is 0 Å². The Morgan fingerprint density at radius 2 is 1.83 bits per heavy atom. The summed E-state index contributed by atoms with van der Waals surface area (Å²) in [5.74, 6) is -0.496. The molecule has 0 aliphatic carbocycles. The fourth-order valence-corrected chi connectivity index (χ4v) is 3.11. The molecular formula is C18H24O5. The molecule has 2 rings (SSSR count). The number of aliphatic carboxylic acids is 1. The number of hydrogen-bond acceptors (Lipinski definition) is 4. The Labute approximate surface area is 136 Å². The van der Waals surface area contributed by atoms with E-state index in [0.717, 1.165) is 28.0 Å². The molecule has 0 bridgehead atoms. The van der Waals surface area contributed by atoms with Crippen molar-refractivity contribution in [2.24, 2.45) is 5.92 Å². The van der Waals surface area contributed by atoms with Gasteiger partial charge in [0.05, 0.1) is 5.92 Å². The first-order chi connectivity index (χ1) is 10.6. The van der Waals surface area contributed by atoms with Gasteiger partial charge in [-0.2, -0.15) is 0 Å². The molecule has 5 heteroatoms. The zero-order valence-corrected chi connectivity index (χ0v) is 14.6. The fourth-order valence-electron chi connectivity index (χ4n) is 3.11. The first-order valence-electron chi connectivity index (χ1n) is 7.81.